The molecular formula is C21H30N4O3S. The number of methoxy groups -OCH3 is 1. The summed E-state index contributed by atoms with van der Waals surface area (Å²) in [5, 5.41) is 6.34. The maximum absolute atomic E-state index is 12.3. The molecular weight excluding hydrogens is 388 g/mol. The number of nitrogens with one attached hydrogen (secondary N) is 3. The normalized spacial score (nSPS) is 11.9. The largest absolute Gasteiger partial charge is 0.496 e. The molecule has 3 N–H and O–H groups in total. The second-order valence-electron chi connectivity index (χ2n) is 6.70. The van der Waals surface area contributed by atoms with Gasteiger partial charge in [-0.1, -0.05) is 35.4 Å². The lowest BCUT2D eigenvalue weighted by Gasteiger charge is -2.14. The van der Waals surface area contributed by atoms with Crippen LogP contribution in [0.2, 0.25) is 0 Å². The van der Waals surface area contributed by atoms with Gasteiger partial charge < -0.3 is 15.4 Å². The Labute approximate surface area is 173 Å². The molecule has 2 aromatic carbocycles. The molecule has 2 rings (SSSR count). The minimum atomic E-state index is -3.51. The monoisotopic (exact) mass is 418 g/mol. The number of rotatable bonds is 9. The van der Waals surface area contributed by atoms with Crippen molar-refractivity contribution in [3.63, 3.8) is 0 Å². The molecule has 0 aliphatic carbocycles. The summed E-state index contributed by atoms with van der Waals surface area (Å²) >= 11 is 0. The third-order valence-corrected chi connectivity index (χ3v) is 5.86. The van der Waals surface area contributed by atoms with Gasteiger partial charge in [-0.15, -0.1) is 0 Å². The first kappa shape index (κ1) is 22.7. The first-order chi connectivity index (χ1) is 13.9. The van der Waals surface area contributed by atoms with Gasteiger partial charge in [0.15, 0.2) is 5.96 Å². The lowest BCUT2D eigenvalue weighted by atomic mass is 10.1. The molecule has 2 aromatic rings. The molecule has 0 radical (unpaired) electrons. The Balaban J connectivity index is 1.77. The van der Waals surface area contributed by atoms with E-state index in [0.717, 1.165) is 23.3 Å². The van der Waals surface area contributed by atoms with Crippen LogP contribution in [0.1, 0.15) is 16.7 Å². The van der Waals surface area contributed by atoms with E-state index >= 15 is 0 Å². The topological polar surface area (TPSA) is 91.8 Å². The molecule has 0 spiro atoms. The summed E-state index contributed by atoms with van der Waals surface area (Å²) < 4.78 is 32.5. The number of benzene rings is 2. The molecule has 0 saturated carbocycles. The van der Waals surface area contributed by atoms with Crippen LogP contribution in [0.5, 0.6) is 5.75 Å². The number of aliphatic imine (C=N–C) groups is 1. The Hall–Kier alpha value is -2.58. The summed E-state index contributed by atoms with van der Waals surface area (Å²) in [5.41, 5.74) is 3.33. The fourth-order valence-corrected chi connectivity index (χ4v) is 3.84. The molecule has 29 heavy (non-hydrogen) atoms. The molecule has 0 unspecified atom stereocenters. The summed E-state index contributed by atoms with van der Waals surface area (Å²) in [6.07, 6.45) is 0.783. The summed E-state index contributed by atoms with van der Waals surface area (Å²) in [6, 6.07) is 12.9. The van der Waals surface area contributed by atoms with E-state index in [4.69, 9.17) is 4.74 Å². The summed E-state index contributed by atoms with van der Waals surface area (Å²) in [6.45, 7) is 5.31. The van der Waals surface area contributed by atoms with Crippen LogP contribution in [-0.4, -0.2) is 48.2 Å². The summed E-state index contributed by atoms with van der Waals surface area (Å²) in [4.78, 5) is 4.43. The summed E-state index contributed by atoms with van der Waals surface area (Å²) in [7, 11) is -0.165. The number of nitrogens with zero attached hydrogens (tertiary/aromatic N) is 1. The van der Waals surface area contributed by atoms with Crippen LogP contribution in [0, 0.1) is 13.8 Å². The van der Waals surface area contributed by atoms with Crippen molar-refractivity contribution in [2.24, 2.45) is 4.99 Å². The van der Waals surface area contributed by atoms with E-state index < -0.39 is 10.0 Å². The van der Waals surface area contributed by atoms with E-state index in [1.165, 1.54) is 5.56 Å². The minimum Gasteiger partial charge on any atom is -0.496 e. The maximum atomic E-state index is 12.3. The predicted molar refractivity (Wildman–Crippen MR) is 117 cm³/mol. The van der Waals surface area contributed by atoms with Gasteiger partial charge in [-0.25, -0.2) is 13.1 Å². The highest BCUT2D eigenvalue weighted by Gasteiger charge is 2.12. The molecule has 0 amide bonds. The zero-order valence-electron chi connectivity index (χ0n) is 17.5. The van der Waals surface area contributed by atoms with Crippen LogP contribution in [0.25, 0.3) is 0 Å². The number of ether oxygens (including phenoxy) is 1. The average Bonchev–Trinajstić information content (AvgIpc) is 2.70. The number of sulfonamides is 1. The third kappa shape index (κ3) is 7.07. The van der Waals surface area contributed by atoms with Gasteiger partial charge in [-0.3, -0.25) is 4.99 Å². The highest BCUT2D eigenvalue weighted by atomic mass is 32.2. The van der Waals surface area contributed by atoms with Crippen LogP contribution >= 0.6 is 0 Å². The van der Waals surface area contributed by atoms with Crippen molar-refractivity contribution in [1.82, 2.24) is 15.4 Å². The average molecular weight is 419 g/mol. The van der Waals surface area contributed by atoms with Gasteiger partial charge in [0.05, 0.1) is 12.0 Å². The zero-order chi connectivity index (χ0) is 21.3. The lowest BCUT2D eigenvalue weighted by Crippen LogP contribution is -2.42. The zero-order valence-corrected chi connectivity index (χ0v) is 18.3. The molecule has 0 heterocycles. The highest BCUT2D eigenvalue weighted by Crippen LogP contribution is 2.19. The van der Waals surface area contributed by atoms with E-state index in [1.807, 2.05) is 19.1 Å². The number of hydrogen-bond acceptors (Lipinski definition) is 4. The van der Waals surface area contributed by atoms with Crippen LogP contribution in [0.4, 0.5) is 0 Å². The van der Waals surface area contributed by atoms with Crippen LogP contribution in [-0.2, 0) is 16.4 Å². The van der Waals surface area contributed by atoms with Crippen molar-refractivity contribution in [1.29, 1.82) is 0 Å². The maximum Gasteiger partial charge on any atom is 0.240 e. The van der Waals surface area contributed by atoms with E-state index in [0.29, 0.717) is 19.0 Å². The van der Waals surface area contributed by atoms with E-state index in [2.05, 4.69) is 33.3 Å². The quantitative estimate of drug-likeness (QED) is 0.329. The molecule has 0 aliphatic heterocycles. The second kappa shape index (κ2) is 10.8. The smallest absolute Gasteiger partial charge is 0.240 e. The SMILES string of the molecule is CN=C(NCCNS(=O)(=O)c1ccc(C)cc1)NCCc1cc(C)ccc1OC. The van der Waals surface area contributed by atoms with Crippen LogP contribution in [0.15, 0.2) is 52.4 Å². The molecule has 0 bridgehead atoms. The predicted octanol–water partition coefficient (Wildman–Crippen LogP) is 2.00. The van der Waals surface area contributed by atoms with Crippen LogP contribution < -0.4 is 20.1 Å². The number of guanidine groups is 1. The third-order valence-electron chi connectivity index (χ3n) is 4.39. The van der Waals surface area contributed by atoms with Crippen molar-refractivity contribution < 1.29 is 13.2 Å². The first-order valence-corrected chi connectivity index (χ1v) is 11.0. The van der Waals surface area contributed by atoms with Gasteiger partial charge in [0.1, 0.15) is 5.75 Å². The molecule has 158 valence electrons. The molecule has 8 heteroatoms. The van der Waals surface area contributed by atoms with Crippen molar-refractivity contribution in [2.75, 3.05) is 33.8 Å². The van der Waals surface area contributed by atoms with Crippen molar-refractivity contribution >= 4 is 16.0 Å². The Bertz CT molecular complexity index is 925. The van der Waals surface area contributed by atoms with E-state index in [-0.39, 0.29) is 11.4 Å². The van der Waals surface area contributed by atoms with Gasteiger partial charge in [-0.05, 0) is 44.0 Å². The fourth-order valence-electron chi connectivity index (χ4n) is 2.81. The molecule has 0 aliphatic rings. The fraction of sp³-hybridized carbons (Fsp3) is 0.381. The molecule has 0 aromatic heterocycles. The van der Waals surface area contributed by atoms with Gasteiger partial charge in [0.2, 0.25) is 10.0 Å². The van der Waals surface area contributed by atoms with Gasteiger partial charge in [-0.2, -0.15) is 0 Å². The number of aryl methyl sites for hydroxylation is 2. The standard InChI is InChI=1S/C21H30N4O3S/c1-16-5-8-19(9-6-16)29(26,27)25-14-13-24-21(22-3)23-12-11-18-15-17(2)7-10-20(18)28-4/h5-10,15,25H,11-14H2,1-4H3,(H2,22,23,24). The molecule has 0 fully saturated rings. The minimum absolute atomic E-state index is 0.253. The first-order valence-electron chi connectivity index (χ1n) is 9.50. The van der Waals surface area contributed by atoms with Gasteiger partial charge >= 0.3 is 0 Å². The molecule has 0 saturated heterocycles. The van der Waals surface area contributed by atoms with Gasteiger partial charge in [0.25, 0.3) is 0 Å². The van der Waals surface area contributed by atoms with Crippen molar-refractivity contribution in [3.05, 3.63) is 59.2 Å². The van der Waals surface area contributed by atoms with Crippen LogP contribution in [0.3, 0.4) is 0 Å². The Morgan fingerprint density at radius 1 is 0.966 bits per heavy atom. The second-order valence-corrected chi connectivity index (χ2v) is 8.47. The lowest BCUT2D eigenvalue weighted by molar-refractivity contribution is 0.409. The van der Waals surface area contributed by atoms with Gasteiger partial charge in [0, 0.05) is 26.7 Å². The number of hydrogen-bond donors (Lipinski definition) is 3. The Kier molecular flexibility index (Phi) is 8.48. The molecule has 0 atom stereocenters. The highest BCUT2D eigenvalue weighted by molar-refractivity contribution is 7.89. The summed E-state index contributed by atoms with van der Waals surface area (Å²) in [5.74, 6) is 1.48. The van der Waals surface area contributed by atoms with Crippen molar-refractivity contribution in [3.8, 4) is 5.75 Å². The molecule has 7 nitrogen and oxygen atoms in total. The Morgan fingerprint density at radius 3 is 2.28 bits per heavy atom. The van der Waals surface area contributed by atoms with Crippen molar-refractivity contribution in [2.45, 2.75) is 25.2 Å². The Morgan fingerprint density at radius 2 is 1.62 bits per heavy atom. The van der Waals surface area contributed by atoms with E-state index in [1.54, 1.807) is 38.4 Å². The van der Waals surface area contributed by atoms with E-state index in [9.17, 15) is 8.42 Å².